The third-order valence-corrected chi connectivity index (χ3v) is 4.29. The van der Waals surface area contributed by atoms with E-state index in [0.29, 0.717) is 22.5 Å². The zero-order chi connectivity index (χ0) is 19.4. The van der Waals surface area contributed by atoms with Gasteiger partial charge in [-0.25, -0.2) is 0 Å². The summed E-state index contributed by atoms with van der Waals surface area (Å²) in [6.07, 6.45) is 1.57. The highest BCUT2D eigenvalue weighted by molar-refractivity contribution is 6.32. The number of aromatic nitrogens is 3. The molecule has 3 aromatic rings. The molecule has 2 aromatic carbocycles. The quantitative estimate of drug-likeness (QED) is 0.621. The van der Waals surface area contributed by atoms with Gasteiger partial charge >= 0.3 is 0 Å². The van der Waals surface area contributed by atoms with Gasteiger partial charge in [-0.05, 0) is 41.3 Å². The summed E-state index contributed by atoms with van der Waals surface area (Å²) in [5, 5.41) is 14.8. The van der Waals surface area contributed by atoms with Crippen molar-refractivity contribution >= 4 is 34.7 Å². The van der Waals surface area contributed by atoms with Crippen molar-refractivity contribution in [2.75, 3.05) is 17.7 Å². The Labute approximate surface area is 164 Å². The average Bonchev–Trinajstić information content (AvgIpc) is 2.62. The maximum atomic E-state index is 6.15. The van der Waals surface area contributed by atoms with Crippen LogP contribution in [0.4, 0.5) is 23.1 Å². The maximum absolute atomic E-state index is 6.15. The second kappa shape index (κ2) is 7.80. The van der Waals surface area contributed by atoms with Gasteiger partial charge in [0.25, 0.3) is 0 Å². The highest BCUT2D eigenvalue weighted by atomic mass is 35.5. The lowest BCUT2D eigenvalue weighted by atomic mass is 9.87. The molecule has 0 amide bonds. The Balaban J connectivity index is 1.73. The normalized spacial score (nSPS) is 11.1. The molecule has 1 aromatic heterocycles. The lowest BCUT2D eigenvalue weighted by Crippen LogP contribution is -2.10. The Bertz CT molecular complexity index is 922. The summed E-state index contributed by atoms with van der Waals surface area (Å²) >= 11 is 6.15. The van der Waals surface area contributed by atoms with Crippen molar-refractivity contribution in [2.45, 2.75) is 26.2 Å². The summed E-state index contributed by atoms with van der Waals surface area (Å²) in [5.41, 5.74) is 3.06. The number of methoxy groups -OCH3 is 1. The first-order chi connectivity index (χ1) is 12.8. The molecule has 0 bridgehead atoms. The number of ether oxygens (including phenoxy) is 1. The molecule has 0 radical (unpaired) electrons. The molecule has 0 aliphatic heterocycles. The molecule has 2 N–H and O–H groups in total. The molecule has 0 saturated heterocycles. The van der Waals surface area contributed by atoms with E-state index in [1.54, 1.807) is 25.4 Å². The molecule has 0 saturated carbocycles. The third kappa shape index (κ3) is 4.86. The van der Waals surface area contributed by atoms with Crippen molar-refractivity contribution in [3.05, 3.63) is 59.2 Å². The van der Waals surface area contributed by atoms with E-state index >= 15 is 0 Å². The summed E-state index contributed by atoms with van der Waals surface area (Å²) in [6, 6.07) is 13.6. The molecule has 0 aliphatic rings. The van der Waals surface area contributed by atoms with Gasteiger partial charge in [0.05, 0.1) is 18.3 Å². The minimum absolute atomic E-state index is 0.117. The number of hydrogen-bond donors (Lipinski definition) is 2. The van der Waals surface area contributed by atoms with Crippen LogP contribution in [0, 0.1) is 0 Å². The number of nitrogens with zero attached hydrogens (tertiary/aromatic N) is 3. The third-order valence-electron chi connectivity index (χ3n) is 3.99. The van der Waals surface area contributed by atoms with Gasteiger partial charge < -0.3 is 15.4 Å². The Morgan fingerprint density at radius 1 is 0.963 bits per heavy atom. The van der Waals surface area contributed by atoms with Gasteiger partial charge in [-0.15, -0.1) is 5.10 Å². The summed E-state index contributed by atoms with van der Waals surface area (Å²) in [4.78, 5) is 4.44. The summed E-state index contributed by atoms with van der Waals surface area (Å²) in [5.74, 6) is 1.57. The van der Waals surface area contributed by atoms with Crippen LogP contribution in [0.1, 0.15) is 26.3 Å². The van der Waals surface area contributed by atoms with Crippen LogP contribution in [0.2, 0.25) is 5.02 Å². The molecule has 140 valence electrons. The monoisotopic (exact) mass is 383 g/mol. The minimum Gasteiger partial charge on any atom is -0.495 e. The summed E-state index contributed by atoms with van der Waals surface area (Å²) in [6.45, 7) is 6.56. The molecule has 0 aliphatic carbocycles. The minimum atomic E-state index is 0.117. The van der Waals surface area contributed by atoms with Gasteiger partial charge in [0.15, 0.2) is 5.82 Å². The highest BCUT2D eigenvalue weighted by Gasteiger charge is 2.13. The first-order valence-corrected chi connectivity index (χ1v) is 8.91. The Kier molecular flexibility index (Phi) is 5.46. The van der Waals surface area contributed by atoms with Crippen LogP contribution in [0.5, 0.6) is 5.75 Å². The first-order valence-electron chi connectivity index (χ1n) is 8.53. The van der Waals surface area contributed by atoms with E-state index in [4.69, 9.17) is 16.3 Å². The molecule has 0 spiro atoms. The molecule has 0 atom stereocenters. The second-order valence-corrected chi connectivity index (χ2v) is 7.50. The van der Waals surface area contributed by atoms with Crippen LogP contribution in [-0.2, 0) is 5.41 Å². The van der Waals surface area contributed by atoms with Crippen molar-refractivity contribution in [3.63, 3.8) is 0 Å². The van der Waals surface area contributed by atoms with E-state index in [9.17, 15) is 0 Å². The van der Waals surface area contributed by atoms with Crippen molar-refractivity contribution in [1.29, 1.82) is 0 Å². The van der Waals surface area contributed by atoms with Crippen LogP contribution in [0.15, 0.2) is 48.7 Å². The lowest BCUT2D eigenvalue weighted by molar-refractivity contribution is 0.415. The predicted octanol–water partition coefficient (Wildman–Crippen LogP) is 5.32. The SMILES string of the molecule is COc1ccc(Nc2nncc(Nc3ccc(C(C)(C)C)cc3)n2)cc1Cl. The summed E-state index contributed by atoms with van der Waals surface area (Å²) in [7, 11) is 1.57. The highest BCUT2D eigenvalue weighted by Crippen LogP contribution is 2.28. The van der Waals surface area contributed by atoms with Crippen LogP contribution in [0.3, 0.4) is 0 Å². The van der Waals surface area contributed by atoms with Gasteiger partial charge in [-0.1, -0.05) is 44.5 Å². The van der Waals surface area contributed by atoms with E-state index in [0.717, 1.165) is 11.4 Å². The fourth-order valence-electron chi connectivity index (χ4n) is 2.49. The largest absolute Gasteiger partial charge is 0.495 e. The predicted molar refractivity (Wildman–Crippen MR) is 110 cm³/mol. The number of nitrogens with one attached hydrogen (secondary N) is 2. The molecule has 0 unspecified atom stereocenters. The van der Waals surface area contributed by atoms with E-state index in [1.807, 2.05) is 18.2 Å². The Morgan fingerprint density at radius 3 is 2.30 bits per heavy atom. The van der Waals surface area contributed by atoms with E-state index in [1.165, 1.54) is 5.56 Å². The topological polar surface area (TPSA) is 72.0 Å². The van der Waals surface area contributed by atoms with Crippen LogP contribution in [-0.4, -0.2) is 22.3 Å². The molecular weight excluding hydrogens is 362 g/mol. The number of benzene rings is 2. The number of halogens is 1. The zero-order valence-corrected chi connectivity index (χ0v) is 16.5. The number of hydrogen-bond acceptors (Lipinski definition) is 6. The second-order valence-electron chi connectivity index (χ2n) is 7.09. The van der Waals surface area contributed by atoms with Crippen molar-refractivity contribution in [2.24, 2.45) is 0 Å². The van der Waals surface area contributed by atoms with Gasteiger partial charge in [-0.3, -0.25) is 0 Å². The molecule has 0 fully saturated rings. The lowest BCUT2D eigenvalue weighted by Gasteiger charge is -2.19. The molecule has 3 rings (SSSR count). The van der Waals surface area contributed by atoms with Gasteiger partial charge in [0, 0.05) is 11.4 Å². The molecule has 7 heteroatoms. The first kappa shape index (κ1) is 18.9. The number of anilines is 4. The van der Waals surface area contributed by atoms with Gasteiger partial charge in [0.2, 0.25) is 5.95 Å². The van der Waals surface area contributed by atoms with Crippen LogP contribution in [0.25, 0.3) is 0 Å². The van der Waals surface area contributed by atoms with Crippen LogP contribution < -0.4 is 15.4 Å². The van der Waals surface area contributed by atoms with E-state index in [-0.39, 0.29) is 5.41 Å². The fraction of sp³-hybridized carbons (Fsp3) is 0.250. The van der Waals surface area contributed by atoms with Crippen molar-refractivity contribution < 1.29 is 4.74 Å². The molecule has 6 nitrogen and oxygen atoms in total. The molecule has 1 heterocycles. The zero-order valence-electron chi connectivity index (χ0n) is 15.7. The molecule has 27 heavy (non-hydrogen) atoms. The Hall–Kier alpha value is -2.86. The van der Waals surface area contributed by atoms with Crippen molar-refractivity contribution in [1.82, 2.24) is 15.2 Å². The van der Waals surface area contributed by atoms with Crippen LogP contribution >= 0.6 is 11.6 Å². The maximum Gasteiger partial charge on any atom is 0.249 e. The average molecular weight is 384 g/mol. The standard InChI is InChI=1S/C20H22ClN5O/c1-20(2,3)13-5-7-14(8-6-13)23-18-12-22-26-19(25-18)24-15-9-10-17(27-4)16(21)11-15/h5-12H,1-4H3,(H2,23,24,25,26). The van der Waals surface area contributed by atoms with E-state index < -0.39 is 0 Å². The van der Waals surface area contributed by atoms with Gasteiger partial charge in [-0.2, -0.15) is 10.1 Å². The smallest absolute Gasteiger partial charge is 0.249 e. The fourth-order valence-corrected chi connectivity index (χ4v) is 2.75. The van der Waals surface area contributed by atoms with Gasteiger partial charge in [0.1, 0.15) is 5.75 Å². The Morgan fingerprint density at radius 2 is 1.67 bits per heavy atom. The number of rotatable bonds is 5. The molecular formula is C20H22ClN5O. The van der Waals surface area contributed by atoms with Crippen molar-refractivity contribution in [3.8, 4) is 5.75 Å². The summed E-state index contributed by atoms with van der Waals surface area (Å²) < 4.78 is 5.15. The van der Waals surface area contributed by atoms with E-state index in [2.05, 4.69) is 58.7 Å².